The average molecular weight is 401 g/mol. The highest BCUT2D eigenvalue weighted by Crippen LogP contribution is 2.24. The van der Waals surface area contributed by atoms with Gasteiger partial charge in [0.1, 0.15) is 11.8 Å². The topological polar surface area (TPSA) is 107 Å². The molecule has 0 bridgehead atoms. The van der Waals surface area contributed by atoms with Gasteiger partial charge in [-0.25, -0.2) is 0 Å². The lowest BCUT2D eigenvalue weighted by Gasteiger charge is -2.18. The number of hydrogen-bond donors (Lipinski definition) is 1. The highest BCUT2D eigenvalue weighted by atomic mass is 32.2. The molecule has 148 valence electrons. The van der Waals surface area contributed by atoms with Crippen LogP contribution < -0.4 is 5.32 Å². The zero-order valence-corrected chi connectivity index (χ0v) is 17.1. The van der Waals surface area contributed by atoms with Crippen LogP contribution in [0.15, 0.2) is 33.6 Å². The van der Waals surface area contributed by atoms with Crippen LogP contribution in [0.2, 0.25) is 0 Å². The van der Waals surface area contributed by atoms with E-state index in [1.54, 1.807) is 12.4 Å². The second-order valence-electron chi connectivity index (χ2n) is 6.78. The fraction of sp³-hybridized carbons (Fsp3) is 0.421. The number of aryl methyl sites for hydroxylation is 2. The van der Waals surface area contributed by atoms with E-state index in [2.05, 4.69) is 25.6 Å². The molecular weight excluding hydrogens is 378 g/mol. The largest absolute Gasteiger partial charge is 0.361 e. The molecule has 3 aromatic heterocycles. The maximum atomic E-state index is 12.4. The molecule has 1 unspecified atom stereocenters. The number of carbonyl (C=O) groups excluding carboxylic acids is 1. The van der Waals surface area contributed by atoms with Gasteiger partial charge in [0.05, 0.1) is 11.4 Å². The van der Waals surface area contributed by atoms with Crippen molar-refractivity contribution in [1.29, 1.82) is 0 Å². The van der Waals surface area contributed by atoms with Crippen LogP contribution in [0.3, 0.4) is 0 Å². The molecule has 0 spiro atoms. The van der Waals surface area contributed by atoms with Gasteiger partial charge in [0.2, 0.25) is 17.6 Å². The molecule has 0 radical (unpaired) electrons. The van der Waals surface area contributed by atoms with Gasteiger partial charge in [0, 0.05) is 29.3 Å². The molecule has 28 heavy (non-hydrogen) atoms. The van der Waals surface area contributed by atoms with Crippen LogP contribution in [0, 0.1) is 19.8 Å². The van der Waals surface area contributed by atoms with E-state index in [9.17, 15) is 4.79 Å². The van der Waals surface area contributed by atoms with E-state index in [0.717, 1.165) is 22.6 Å². The Balaban J connectivity index is 1.60. The van der Waals surface area contributed by atoms with Crippen molar-refractivity contribution in [2.75, 3.05) is 5.75 Å². The Kier molecular flexibility index (Phi) is 6.45. The molecule has 0 aromatic carbocycles. The van der Waals surface area contributed by atoms with Gasteiger partial charge in [0.25, 0.3) is 0 Å². The van der Waals surface area contributed by atoms with E-state index >= 15 is 0 Å². The number of thioether (sulfide) groups is 1. The normalized spacial score (nSPS) is 12.3. The molecule has 0 aliphatic rings. The molecule has 3 rings (SSSR count). The standard InChI is InChI=1S/C19H23N5O3S/c1-11(2)17(19-22-18(24-27-19)14-6-5-7-20-8-14)21-16(25)10-28-9-15-12(3)23-26-13(15)4/h5-8,11,17H,9-10H2,1-4H3,(H,21,25). The third-order valence-corrected chi connectivity index (χ3v) is 5.23. The molecule has 3 heterocycles. The third-order valence-electron chi connectivity index (χ3n) is 4.27. The van der Waals surface area contributed by atoms with Gasteiger partial charge in [0.15, 0.2) is 0 Å². The van der Waals surface area contributed by atoms with Crippen molar-refractivity contribution < 1.29 is 13.8 Å². The maximum absolute atomic E-state index is 12.4. The van der Waals surface area contributed by atoms with Gasteiger partial charge in [-0.15, -0.1) is 11.8 Å². The summed E-state index contributed by atoms with van der Waals surface area (Å²) in [4.78, 5) is 20.9. The summed E-state index contributed by atoms with van der Waals surface area (Å²) in [5.74, 6) is 2.63. The maximum Gasteiger partial charge on any atom is 0.249 e. The number of hydrogen-bond acceptors (Lipinski definition) is 8. The van der Waals surface area contributed by atoms with Crippen LogP contribution in [0.5, 0.6) is 0 Å². The van der Waals surface area contributed by atoms with Crippen molar-refractivity contribution in [2.24, 2.45) is 5.92 Å². The van der Waals surface area contributed by atoms with Crippen molar-refractivity contribution >= 4 is 17.7 Å². The van der Waals surface area contributed by atoms with Gasteiger partial charge < -0.3 is 14.4 Å². The molecule has 0 saturated heterocycles. The van der Waals surface area contributed by atoms with E-state index in [-0.39, 0.29) is 17.9 Å². The van der Waals surface area contributed by atoms with Gasteiger partial charge in [-0.05, 0) is 31.9 Å². The van der Waals surface area contributed by atoms with Crippen molar-refractivity contribution in [1.82, 2.24) is 25.6 Å². The third kappa shape index (κ3) is 4.78. The number of amides is 1. The number of nitrogens with one attached hydrogen (secondary N) is 1. The minimum atomic E-state index is -0.356. The first-order valence-electron chi connectivity index (χ1n) is 8.98. The Labute approximate surface area is 167 Å². The Morgan fingerprint density at radius 1 is 1.25 bits per heavy atom. The zero-order chi connectivity index (χ0) is 20.1. The fourth-order valence-electron chi connectivity index (χ4n) is 2.66. The summed E-state index contributed by atoms with van der Waals surface area (Å²) in [5.41, 5.74) is 2.66. The number of carbonyl (C=O) groups is 1. The second kappa shape index (κ2) is 9.01. The molecule has 1 atom stereocenters. The van der Waals surface area contributed by atoms with E-state index in [1.807, 2.05) is 39.8 Å². The molecule has 8 nitrogen and oxygen atoms in total. The van der Waals surface area contributed by atoms with Crippen LogP contribution in [0.1, 0.15) is 42.8 Å². The van der Waals surface area contributed by atoms with Gasteiger partial charge in [-0.1, -0.05) is 24.2 Å². The molecule has 0 aliphatic carbocycles. The summed E-state index contributed by atoms with van der Waals surface area (Å²) < 4.78 is 10.6. The lowest BCUT2D eigenvalue weighted by molar-refractivity contribution is -0.119. The van der Waals surface area contributed by atoms with E-state index in [4.69, 9.17) is 9.05 Å². The van der Waals surface area contributed by atoms with Crippen LogP contribution in [0.25, 0.3) is 11.4 Å². The fourth-order valence-corrected chi connectivity index (χ4v) is 3.64. The monoisotopic (exact) mass is 401 g/mol. The Bertz CT molecular complexity index is 903. The second-order valence-corrected chi connectivity index (χ2v) is 7.77. The Hall–Kier alpha value is -2.68. The number of nitrogens with zero attached hydrogens (tertiary/aromatic N) is 4. The van der Waals surface area contributed by atoms with Crippen LogP contribution in [-0.4, -0.2) is 31.9 Å². The molecule has 0 aliphatic heterocycles. The lowest BCUT2D eigenvalue weighted by atomic mass is 10.0. The van der Waals surface area contributed by atoms with E-state index in [1.165, 1.54) is 11.8 Å². The van der Waals surface area contributed by atoms with Gasteiger partial charge in [-0.2, -0.15) is 4.98 Å². The Morgan fingerprint density at radius 2 is 2.07 bits per heavy atom. The summed E-state index contributed by atoms with van der Waals surface area (Å²) in [7, 11) is 0. The van der Waals surface area contributed by atoms with Gasteiger partial charge >= 0.3 is 0 Å². The van der Waals surface area contributed by atoms with Crippen molar-refractivity contribution in [2.45, 2.75) is 39.5 Å². The minimum Gasteiger partial charge on any atom is -0.361 e. The molecule has 1 N–H and O–H groups in total. The molecular formula is C19H23N5O3S. The van der Waals surface area contributed by atoms with Crippen molar-refractivity contribution in [3.63, 3.8) is 0 Å². The first kappa shape index (κ1) is 20.1. The van der Waals surface area contributed by atoms with E-state index < -0.39 is 0 Å². The van der Waals surface area contributed by atoms with Crippen LogP contribution in [0.4, 0.5) is 0 Å². The molecule has 0 saturated carbocycles. The smallest absolute Gasteiger partial charge is 0.249 e. The highest BCUT2D eigenvalue weighted by Gasteiger charge is 2.25. The molecule has 0 fully saturated rings. The SMILES string of the molecule is Cc1noc(C)c1CSCC(=O)NC(c1nc(-c2cccnc2)no1)C(C)C. The molecule has 9 heteroatoms. The zero-order valence-electron chi connectivity index (χ0n) is 16.3. The summed E-state index contributed by atoms with van der Waals surface area (Å²) in [5, 5.41) is 10.9. The quantitative estimate of drug-likeness (QED) is 0.611. The summed E-state index contributed by atoms with van der Waals surface area (Å²) in [6.45, 7) is 7.77. The van der Waals surface area contributed by atoms with Crippen LogP contribution >= 0.6 is 11.8 Å². The predicted molar refractivity (Wildman–Crippen MR) is 105 cm³/mol. The van der Waals surface area contributed by atoms with Crippen LogP contribution in [-0.2, 0) is 10.5 Å². The minimum absolute atomic E-state index is 0.0865. The Morgan fingerprint density at radius 3 is 2.71 bits per heavy atom. The summed E-state index contributed by atoms with van der Waals surface area (Å²) >= 11 is 1.51. The molecule has 3 aromatic rings. The van der Waals surface area contributed by atoms with Gasteiger partial charge in [-0.3, -0.25) is 9.78 Å². The van der Waals surface area contributed by atoms with E-state index in [0.29, 0.717) is 23.2 Å². The average Bonchev–Trinajstić information content (AvgIpc) is 3.29. The lowest BCUT2D eigenvalue weighted by Crippen LogP contribution is -2.33. The number of aromatic nitrogens is 4. The first-order valence-corrected chi connectivity index (χ1v) is 10.1. The first-order chi connectivity index (χ1) is 13.5. The van der Waals surface area contributed by atoms with Crippen molar-refractivity contribution in [3.8, 4) is 11.4 Å². The number of pyridine rings is 1. The molecule has 1 amide bonds. The summed E-state index contributed by atoms with van der Waals surface area (Å²) in [6.07, 6.45) is 3.35. The predicted octanol–water partition coefficient (Wildman–Crippen LogP) is 3.48. The van der Waals surface area contributed by atoms with Crippen molar-refractivity contribution in [3.05, 3.63) is 47.4 Å². The highest BCUT2D eigenvalue weighted by molar-refractivity contribution is 7.99. The number of rotatable bonds is 8. The summed E-state index contributed by atoms with van der Waals surface area (Å²) in [6, 6.07) is 3.31.